The number of fused-ring (bicyclic) bond motifs is 9. The summed E-state index contributed by atoms with van der Waals surface area (Å²) in [6.07, 6.45) is 0. The summed E-state index contributed by atoms with van der Waals surface area (Å²) in [5.74, 6) is 0. The van der Waals surface area contributed by atoms with Gasteiger partial charge >= 0.3 is 0 Å². The number of nitrogens with zero attached hydrogens (tertiary/aromatic N) is 2. The molecule has 3 aromatic heterocycles. The van der Waals surface area contributed by atoms with Crippen LogP contribution in [0.15, 0.2) is 182 Å². The van der Waals surface area contributed by atoms with E-state index in [0.717, 1.165) is 0 Å². The van der Waals surface area contributed by atoms with Gasteiger partial charge in [0.25, 0.3) is 0 Å². The fraction of sp³-hybridized carbons (Fsp3) is 0. The van der Waals surface area contributed by atoms with Gasteiger partial charge in [0, 0.05) is 53.1 Å². The Morgan fingerprint density at radius 1 is 0.275 bits per heavy atom. The predicted molar refractivity (Wildman–Crippen MR) is 219 cm³/mol. The highest BCUT2D eigenvalue weighted by Gasteiger charge is 2.16. The first-order valence-corrected chi connectivity index (χ1v) is 18.2. The summed E-state index contributed by atoms with van der Waals surface area (Å²) in [5, 5.41) is 7.71. The zero-order valence-corrected chi connectivity index (χ0v) is 28.4. The van der Waals surface area contributed by atoms with Crippen molar-refractivity contribution < 1.29 is 0 Å². The first-order chi connectivity index (χ1) is 25.3. The van der Waals surface area contributed by atoms with Crippen LogP contribution in [0.1, 0.15) is 0 Å². The number of thiophene rings is 1. The van der Waals surface area contributed by atoms with E-state index in [-0.39, 0.29) is 0 Å². The second-order valence-corrected chi connectivity index (χ2v) is 14.4. The van der Waals surface area contributed by atoms with E-state index in [0.29, 0.717) is 0 Å². The molecular weight excluding hydrogens is 637 g/mol. The van der Waals surface area contributed by atoms with Gasteiger partial charge in [0.05, 0.1) is 22.1 Å². The molecule has 3 heterocycles. The Labute approximate surface area is 298 Å². The first-order valence-electron chi connectivity index (χ1n) is 17.4. The zero-order valence-electron chi connectivity index (χ0n) is 27.6. The smallest absolute Gasteiger partial charge is 0.0541 e. The molecule has 0 saturated carbocycles. The van der Waals surface area contributed by atoms with E-state index < -0.39 is 0 Å². The van der Waals surface area contributed by atoms with E-state index in [1.54, 1.807) is 0 Å². The molecule has 2 nitrogen and oxygen atoms in total. The van der Waals surface area contributed by atoms with Crippen LogP contribution in [0.5, 0.6) is 0 Å². The minimum Gasteiger partial charge on any atom is -0.309 e. The van der Waals surface area contributed by atoms with Crippen LogP contribution in [0, 0.1) is 0 Å². The summed E-state index contributed by atoms with van der Waals surface area (Å²) in [6, 6.07) is 66.7. The van der Waals surface area contributed by atoms with E-state index >= 15 is 0 Å². The lowest BCUT2D eigenvalue weighted by molar-refractivity contribution is 1.18. The highest BCUT2D eigenvalue weighted by Crippen LogP contribution is 2.40. The van der Waals surface area contributed by atoms with Gasteiger partial charge in [0.1, 0.15) is 0 Å². The van der Waals surface area contributed by atoms with Gasteiger partial charge in [0.15, 0.2) is 0 Å². The topological polar surface area (TPSA) is 9.86 Å². The van der Waals surface area contributed by atoms with Crippen LogP contribution in [-0.4, -0.2) is 9.13 Å². The molecule has 0 saturated heterocycles. The second-order valence-electron chi connectivity index (χ2n) is 13.4. The Kier molecular flexibility index (Phi) is 6.16. The molecule has 11 aromatic rings. The standard InChI is InChI=1S/C48H30N2S/c1-2-10-35(11-3-1)49-43-15-7-4-12-37(43)40-28-33(22-25-45(40)49)31-18-20-32(21-19-31)34-23-26-46-41(29-34)38-13-5-8-16-44(38)50(46)36-24-27-48-42(30-36)39-14-6-9-17-47(39)51-48/h1-30H. The molecular formula is C48H30N2S. The van der Waals surface area contributed by atoms with Crippen LogP contribution in [0.25, 0.3) is 97.4 Å². The molecule has 8 aromatic carbocycles. The van der Waals surface area contributed by atoms with Gasteiger partial charge in [-0.15, -0.1) is 11.3 Å². The largest absolute Gasteiger partial charge is 0.309 e. The maximum Gasteiger partial charge on any atom is 0.0541 e. The van der Waals surface area contributed by atoms with Gasteiger partial charge in [-0.1, -0.05) is 109 Å². The highest BCUT2D eigenvalue weighted by molar-refractivity contribution is 7.25. The number of para-hydroxylation sites is 3. The first kappa shape index (κ1) is 28.4. The fourth-order valence-corrected chi connectivity index (χ4v) is 9.23. The van der Waals surface area contributed by atoms with E-state index in [4.69, 9.17) is 0 Å². The predicted octanol–water partition coefficient (Wildman–Crippen LogP) is 13.6. The van der Waals surface area contributed by atoms with Gasteiger partial charge in [-0.25, -0.2) is 0 Å². The SMILES string of the molecule is c1ccc(-n2c3ccccc3c3cc(-c4ccc(-c5ccc6c(c5)c5ccccc5n6-c5ccc6sc7ccccc7c6c5)cc4)ccc32)cc1. The molecule has 3 heteroatoms. The van der Waals surface area contributed by atoms with Crippen molar-refractivity contribution in [1.29, 1.82) is 0 Å². The molecule has 0 N–H and O–H groups in total. The van der Waals surface area contributed by atoms with Crippen molar-refractivity contribution in [3.63, 3.8) is 0 Å². The van der Waals surface area contributed by atoms with Crippen molar-refractivity contribution in [2.75, 3.05) is 0 Å². The van der Waals surface area contributed by atoms with Crippen molar-refractivity contribution in [3.8, 4) is 33.6 Å². The van der Waals surface area contributed by atoms with Gasteiger partial charge in [-0.05, 0) is 95.1 Å². The summed E-state index contributed by atoms with van der Waals surface area (Å²) in [5.41, 5.74) is 12.1. The highest BCUT2D eigenvalue weighted by atomic mass is 32.1. The molecule has 11 rings (SSSR count). The van der Waals surface area contributed by atoms with Crippen molar-refractivity contribution >= 4 is 75.1 Å². The Morgan fingerprint density at radius 2 is 0.745 bits per heavy atom. The third kappa shape index (κ3) is 4.35. The van der Waals surface area contributed by atoms with Gasteiger partial charge in [-0.3, -0.25) is 0 Å². The molecule has 51 heavy (non-hydrogen) atoms. The maximum absolute atomic E-state index is 2.42. The second kappa shape index (κ2) is 11.0. The maximum atomic E-state index is 2.42. The van der Waals surface area contributed by atoms with Crippen LogP contribution in [0.4, 0.5) is 0 Å². The minimum atomic E-state index is 1.18. The molecule has 0 spiro atoms. The van der Waals surface area contributed by atoms with E-state index in [9.17, 15) is 0 Å². The van der Waals surface area contributed by atoms with Crippen LogP contribution in [-0.2, 0) is 0 Å². The van der Waals surface area contributed by atoms with Gasteiger partial charge in [-0.2, -0.15) is 0 Å². The molecule has 0 unspecified atom stereocenters. The lowest BCUT2D eigenvalue weighted by Gasteiger charge is -2.10. The average Bonchev–Trinajstić information content (AvgIpc) is 3.85. The summed E-state index contributed by atoms with van der Waals surface area (Å²) in [4.78, 5) is 0. The van der Waals surface area contributed by atoms with E-state index in [1.165, 1.54) is 97.4 Å². The summed E-state index contributed by atoms with van der Waals surface area (Å²) in [6.45, 7) is 0. The number of hydrogen-bond donors (Lipinski definition) is 0. The fourth-order valence-electron chi connectivity index (χ4n) is 8.15. The number of benzene rings is 8. The third-order valence-corrected chi connectivity index (χ3v) is 11.7. The third-order valence-electron chi connectivity index (χ3n) is 10.5. The number of hydrogen-bond acceptors (Lipinski definition) is 1. The molecule has 0 aliphatic carbocycles. The lowest BCUT2D eigenvalue weighted by atomic mass is 9.98. The van der Waals surface area contributed by atoms with Crippen molar-refractivity contribution in [3.05, 3.63) is 182 Å². The summed E-state index contributed by atoms with van der Waals surface area (Å²) in [7, 11) is 0. The van der Waals surface area contributed by atoms with Crippen LogP contribution < -0.4 is 0 Å². The lowest BCUT2D eigenvalue weighted by Crippen LogP contribution is -1.93. The normalized spacial score (nSPS) is 11.9. The monoisotopic (exact) mass is 666 g/mol. The number of aromatic nitrogens is 2. The van der Waals surface area contributed by atoms with Crippen molar-refractivity contribution in [2.45, 2.75) is 0 Å². The Hall–Kier alpha value is -6.42. The van der Waals surface area contributed by atoms with Crippen LogP contribution >= 0.6 is 11.3 Å². The van der Waals surface area contributed by atoms with Crippen LogP contribution in [0.2, 0.25) is 0 Å². The molecule has 0 fully saturated rings. The average molecular weight is 667 g/mol. The van der Waals surface area contributed by atoms with E-state index in [2.05, 4.69) is 191 Å². The molecule has 0 atom stereocenters. The van der Waals surface area contributed by atoms with Crippen molar-refractivity contribution in [2.24, 2.45) is 0 Å². The van der Waals surface area contributed by atoms with E-state index in [1.807, 2.05) is 11.3 Å². The van der Waals surface area contributed by atoms with Gasteiger partial charge < -0.3 is 9.13 Å². The molecule has 0 aliphatic rings. The molecule has 0 bridgehead atoms. The minimum absolute atomic E-state index is 1.18. The molecule has 0 aliphatic heterocycles. The van der Waals surface area contributed by atoms with Crippen molar-refractivity contribution in [1.82, 2.24) is 9.13 Å². The summed E-state index contributed by atoms with van der Waals surface area (Å²) < 4.78 is 7.45. The summed E-state index contributed by atoms with van der Waals surface area (Å²) >= 11 is 1.86. The van der Waals surface area contributed by atoms with Crippen LogP contribution in [0.3, 0.4) is 0 Å². The Bertz CT molecular complexity index is 3120. The number of rotatable bonds is 4. The zero-order chi connectivity index (χ0) is 33.5. The Balaban J connectivity index is 0.995. The molecule has 238 valence electrons. The Morgan fingerprint density at radius 3 is 1.37 bits per heavy atom. The quantitative estimate of drug-likeness (QED) is 0.177. The molecule has 0 radical (unpaired) electrons. The molecule has 0 amide bonds. The van der Waals surface area contributed by atoms with Gasteiger partial charge in [0.2, 0.25) is 0 Å².